The molecule has 1 aliphatic rings. The predicted octanol–water partition coefficient (Wildman–Crippen LogP) is -2.20. The Morgan fingerprint density at radius 1 is 1.39 bits per heavy atom. The van der Waals surface area contributed by atoms with Crippen LogP contribution in [0.25, 0.3) is 0 Å². The lowest BCUT2D eigenvalue weighted by Gasteiger charge is -2.43. The summed E-state index contributed by atoms with van der Waals surface area (Å²) >= 11 is 0. The fourth-order valence-corrected chi connectivity index (χ4v) is 1.81. The molecule has 0 unspecified atom stereocenters. The van der Waals surface area contributed by atoms with Gasteiger partial charge in [0.05, 0.1) is 13.2 Å². The number of hydrogen-bond acceptors (Lipinski definition) is 7. The maximum atomic E-state index is 9.83. The van der Waals surface area contributed by atoms with E-state index in [0.717, 1.165) is 13.1 Å². The molecule has 0 radical (unpaired) electrons. The van der Waals surface area contributed by atoms with Crippen LogP contribution in [-0.2, 0) is 9.47 Å². The van der Waals surface area contributed by atoms with Gasteiger partial charge in [0.1, 0.15) is 24.9 Å². The van der Waals surface area contributed by atoms with Crippen LogP contribution < -0.4 is 5.32 Å². The first-order chi connectivity index (χ1) is 8.57. The molecule has 108 valence electrons. The van der Waals surface area contributed by atoms with Crippen LogP contribution in [0.4, 0.5) is 0 Å². The minimum absolute atomic E-state index is 0.188. The summed E-state index contributed by atoms with van der Waals surface area (Å²) in [6, 6.07) is 0. The lowest BCUT2D eigenvalue weighted by Crippen LogP contribution is -2.63. The fourth-order valence-electron chi connectivity index (χ4n) is 1.81. The van der Waals surface area contributed by atoms with Gasteiger partial charge >= 0.3 is 0 Å². The number of ether oxygens (including phenoxy) is 2. The molecule has 5 N–H and O–H groups in total. The molecule has 1 aliphatic heterocycles. The first-order valence-electron chi connectivity index (χ1n) is 6.21. The van der Waals surface area contributed by atoms with Crippen LogP contribution in [0.15, 0.2) is 0 Å². The zero-order valence-corrected chi connectivity index (χ0v) is 10.6. The zero-order valence-electron chi connectivity index (χ0n) is 10.6. The van der Waals surface area contributed by atoms with Crippen LogP contribution in [0, 0.1) is 0 Å². The van der Waals surface area contributed by atoms with Crippen LogP contribution in [0.5, 0.6) is 0 Å². The van der Waals surface area contributed by atoms with Crippen molar-refractivity contribution < 1.29 is 29.9 Å². The molecule has 1 rings (SSSR count). The molecule has 0 aromatic rings. The Labute approximate surface area is 106 Å². The van der Waals surface area contributed by atoms with E-state index in [4.69, 9.17) is 9.47 Å². The first-order valence-corrected chi connectivity index (χ1v) is 6.21. The van der Waals surface area contributed by atoms with E-state index in [1.54, 1.807) is 0 Å². The Morgan fingerprint density at radius 3 is 2.72 bits per heavy atom. The summed E-state index contributed by atoms with van der Waals surface area (Å²) in [4.78, 5) is 0. The third kappa shape index (κ3) is 3.61. The van der Waals surface area contributed by atoms with Crippen molar-refractivity contribution in [2.24, 2.45) is 0 Å². The van der Waals surface area contributed by atoms with Crippen LogP contribution in [-0.4, -0.2) is 77.4 Å². The van der Waals surface area contributed by atoms with Gasteiger partial charge in [0.2, 0.25) is 5.79 Å². The van der Waals surface area contributed by atoms with Gasteiger partial charge in [0.15, 0.2) is 0 Å². The molecular weight excluding hydrogens is 242 g/mol. The minimum Gasteiger partial charge on any atom is -0.391 e. The number of rotatable bonds is 7. The van der Waals surface area contributed by atoms with Crippen molar-refractivity contribution in [2.45, 2.75) is 37.4 Å². The van der Waals surface area contributed by atoms with E-state index >= 15 is 0 Å². The van der Waals surface area contributed by atoms with E-state index in [1.165, 1.54) is 0 Å². The van der Waals surface area contributed by atoms with Crippen molar-refractivity contribution in [3.05, 3.63) is 0 Å². The summed E-state index contributed by atoms with van der Waals surface area (Å²) in [7, 11) is 0. The SMILES string of the molecule is CCNCCCO[C@]1(CO)OC[C@@H](O)[C@@H](O)[C@@H]1O. The quantitative estimate of drug-likeness (QED) is 0.332. The number of hydrogen-bond donors (Lipinski definition) is 5. The van der Waals surface area contributed by atoms with Gasteiger partial charge in [-0.25, -0.2) is 0 Å². The van der Waals surface area contributed by atoms with E-state index in [2.05, 4.69) is 5.32 Å². The number of aliphatic hydroxyl groups is 4. The van der Waals surface area contributed by atoms with Crippen LogP contribution in [0.2, 0.25) is 0 Å². The fraction of sp³-hybridized carbons (Fsp3) is 1.00. The first kappa shape index (κ1) is 15.8. The highest BCUT2D eigenvalue weighted by atomic mass is 16.7. The highest BCUT2D eigenvalue weighted by Crippen LogP contribution is 2.27. The molecular formula is C11H23NO6. The second kappa shape index (κ2) is 7.34. The van der Waals surface area contributed by atoms with Crippen molar-refractivity contribution in [3.8, 4) is 0 Å². The molecule has 0 amide bonds. The van der Waals surface area contributed by atoms with Gasteiger partial charge in [0, 0.05) is 0 Å². The average Bonchev–Trinajstić information content (AvgIpc) is 2.39. The standard InChI is InChI=1S/C11H23NO6/c1-2-12-4-3-5-17-11(7-13)10(16)9(15)8(14)6-18-11/h8-10,12-16H,2-7H2,1H3/t8-,9-,10+,11-/m1/s1. The van der Waals surface area contributed by atoms with Gasteiger partial charge < -0.3 is 35.2 Å². The summed E-state index contributed by atoms with van der Waals surface area (Å²) in [5, 5.41) is 41.1. The maximum Gasteiger partial charge on any atom is 0.221 e. The van der Waals surface area contributed by atoms with Gasteiger partial charge in [-0.2, -0.15) is 0 Å². The molecule has 1 heterocycles. The Balaban J connectivity index is 2.46. The van der Waals surface area contributed by atoms with Crippen LogP contribution in [0.3, 0.4) is 0 Å². The molecule has 1 saturated heterocycles. The van der Waals surface area contributed by atoms with E-state index in [0.29, 0.717) is 6.42 Å². The Bertz CT molecular complexity index is 242. The molecule has 0 bridgehead atoms. The molecule has 0 aliphatic carbocycles. The second-order valence-electron chi connectivity index (χ2n) is 4.34. The molecule has 1 fully saturated rings. The topological polar surface area (TPSA) is 111 Å². The molecule has 0 aromatic carbocycles. The zero-order chi connectivity index (χ0) is 13.6. The van der Waals surface area contributed by atoms with Gasteiger partial charge in [-0.3, -0.25) is 0 Å². The van der Waals surface area contributed by atoms with Crippen molar-refractivity contribution in [1.82, 2.24) is 5.32 Å². The largest absolute Gasteiger partial charge is 0.391 e. The van der Waals surface area contributed by atoms with E-state index < -0.39 is 30.7 Å². The van der Waals surface area contributed by atoms with Gasteiger partial charge in [-0.15, -0.1) is 0 Å². The highest BCUT2D eigenvalue weighted by molar-refractivity contribution is 4.92. The summed E-state index contributed by atoms with van der Waals surface area (Å²) in [5.74, 6) is -1.65. The van der Waals surface area contributed by atoms with Gasteiger partial charge in [-0.1, -0.05) is 6.92 Å². The van der Waals surface area contributed by atoms with E-state index in [9.17, 15) is 20.4 Å². The van der Waals surface area contributed by atoms with E-state index in [-0.39, 0.29) is 13.2 Å². The third-order valence-electron chi connectivity index (χ3n) is 2.98. The van der Waals surface area contributed by atoms with Crippen LogP contribution in [0.1, 0.15) is 13.3 Å². The molecule has 0 spiro atoms. The van der Waals surface area contributed by atoms with Crippen molar-refractivity contribution in [2.75, 3.05) is 32.9 Å². The Morgan fingerprint density at radius 2 is 2.11 bits per heavy atom. The average molecular weight is 265 g/mol. The predicted molar refractivity (Wildman–Crippen MR) is 62.9 cm³/mol. The van der Waals surface area contributed by atoms with Crippen LogP contribution >= 0.6 is 0 Å². The number of aliphatic hydroxyl groups excluding tert-OH is 4. The third-order valence-corrected chi connectivity index (χ3v) is 2.98. The summed E-state index contributed by atoms with van der Waals surface area (Å²) in [5.41, 5.74) is 0. The maximum absolute atomic E-state index is 9.83. The molecule has 7 heteroatoms. The smallest absolute Gasteiger partial charge is 0.221 e. The molecule has 4 atom stereocenters. The number of nitrogens with one attached hydrogen (secondary N) is 1. The van der Waals surface area contributed by atoms with Crippen molar-refractivity contribution >= 4 is 0 Å². The van der Waals surface area contributed by atoms with Gasteiger partial charge in [-0.05, 0) is 19.5 Å². The Kier molecular flexibility index (Phi) is 6.44. The second-order valence-corrected chi connectivity index (χ2v) is 4.34. The highest BCUT2D eigenvalue weighted by Gasteiger charge is 2.50. The monoisotopic (exact) mass is 265 g/mol. The minimum atomic E-state index is -1.65. The lowest BCUT2D eigenvalue weighted by atomic mass is 9.97. The normalized spacial score (nSPS) is 36.8. The van der Waals surface area contributed by atoms with Crippen molar-refractivity contribution in [3.63, 3.8) is 0 Å². The molecule has 7 nitrogen and oxygen atoms in total. The lowest BCUT2D eigenvalue weighted by molar-refractivity contribution is -0.348. The van der Waals surface area contributed by atoms with Crippen molar-refractivity contribution in [1.29, 1.82) is 0 Å². The Hall–Kier alpha value is -0.280. The van der Waals surface area contributed by atoms with Gasteiger partial charge in [0.25, 0.3) is 0 Å². The molecule has 18 heavy (non-hydrogen) atoms. The van der Waals surface area contributed by atoms with E-state index in [1.807, 2.05) is 6.92 Å². The molecule has 0 aromatic heterocycles. The summed E-state index contributed by atoms with van der Waals surface area (Å²) < 4.78 is 10.5. The summed E-state index contributed by atoms with van der Waals surface area (Å²) in [6.45, 7) is 3.09. The summed E-state index contributed by atoms with van der Waals surface area (Å²) in [6.07, 6.45) is -3.36. The molecule has 0 saturated carbocycles.